The van der Waals surface area contributed by atoms with Crippen LogP contribution in [0.4, 0.5) is 24.5 Å². The highest BCUT2D eigenvalue weighted by Gasteiger charge is 2.36. The number of para-hydroxylation sites is 2. The molecular formula is C16H22F3N3O3. The fraction of sp³-hybridized carbons (Fsp3) is 0.562. The van der Waals surface area contributed by atoms with Crippen LogP contribution in [-0.2, 0) is 9.53 Å². The van der Waals surface area contributed by atoms with E-state index in [4.69, 9.17) is 4.74 Å². The van der Waals surface area contributed by atoms with Gasteiger partial charge in [-0.15, -0.1) is 0 Å². The Morgan fingerprint density at radius 2 is 2.00 bits per heavy atom. The van der Waals surface area contributed by atoms with E-state index in [1.54, 1.807) is 32.9 Å². The predicted molar refractivity (Wildman–Crippen MR) is 87.1 cm³/mol. The van der Waals surface area contributed by atoms with E-state index < -0.39 is 36.7 Å². The van der Waals surface area contributed by atoms with E-state index in [-0.39, 0.29) is 17.9 Å². The van der Waals surface area contributed by atoms with Gasteiger partial charge in [0.15, 0.2) is 0 Å². The Hall–Kier alpha value is -1.84. The molecule has 0 bridgehead atoms. The van der Waals surface area contributed by atoms with Gasteiger partial charge < -0.3 is 20.1 Å². The molecule has 2 atom stereocenters. The lowest BCUT2D eigenvalue weighted by atomic mass is 10.2. The molecule has 0 radical (unpaired) electrons. The number of rotatable bonds is 4. The van der Waals surface area contributed by atoms with E-state index in [1.807, 2.05) is 0 Å². The molecule has 0 aliphatic carbocycles. The van der Waals surface area contributed by atoms with Gasteiger partial charge in [-0.25, -0.2) is 0 Å². The molecule has 1 aromatic carbocycles. The van der Waals surface area contributed by atoms with Gasteiger partial charge in [0, 0.05) is 6.54 Å². The fourth-order valence-electron chi connectivity index (χ4n) is 2.51. The topological polar surface area (TPSA) is 73.8 Å². The second-order valence-corrected chi connectivity index (χ2v) is 6.80. The molecule has 0 saturated carbocycles. The van der Waals surface area contributed by atoms with E-state index in [0.717, 1.165) is 4.90 Å². The molecule has 0 spiro atoms. The molecule has 1 aromatic rings. The number of aliphatic hydroxyl groups excluding tert-OH is 1. The van der Waals surface area contributed by atoms with Crippen molar-refractivity contribution < 1.29 is 27.8 Å². The summed E-state index contributed by atoms with van der Waals surface area (Å²) in [6.07, 6.45) is -5.93. The Balaban J connectivity index is 2.22. The van der Waals surface area contributed by atoms with Gasteiger partial charge in [0.2, 0.25) is 12.3 Å². The third kappa shape index (κ3) is 5.87. The van der Waals surface area contributed by atoms with Crippen LogP contribution in [-0.4, -0.2) is 48.3 Å². The van der Waals surface area contributed by atoms with Gasteiger partial charge in [0.1, 0.15) is 12.6 Å². The van der Waals surface area contributed by atoms with Crippen LogP contribution in [0, 0.1) is 0 Å². The van der Waals surface area contributed by atoms with Gasteiger partial charge in [-0.1, -0.05) is 12.1 Å². The van der Waals surface area contributed by atoms with Crippen LogP contribution >= 0.6 is 0 Å². The Bertz CT molecular complexity index is 617. The SMILES string of the molecule is CC(C)(C)O[C@@H](O)N[C@H]1CN(CC(F)(F)F)c2ccccc2NC1=O. The Morgan fingerprint density at radius 3 is 2.60 bits per heavy atom. The van der Waals surface area contributed by atoms with Crippen LogP contribution in [0.3, 0.4) is 0 Å². The maximum atomic E-state index is 12.9. The molecule has 9 heteroatoms. The molecule has 1 heterocycles. The third-order valence-electron chi connectivity index (χ3n) is 3.40. The largest absolute Gasteiger partial charge is 0.405 e. The molecule has 3 N–H and O–H groups in total. The van der Waals surface area contributed by atoms with Gasteiger partial charge >= 0.3 is 6.18 Å². The van der Waals surface area contributed by atoms with Crippen LogP contribution in [0.1, 0.15) is 20.8 Å². The zero-order valence-electron chi connectivity index (χ0n) is 14.2. The smallest absolute Gasteiger partial charge is 0.359 e. The van der Waals surface area contributed by atoms with Crippen LogP contribution in [0.2, 0.25) is 0 Å². The number of benzene rings is 1. The van der Waals surface area contributed by atoms with Crippen molar-refractivity contribution in [3.63, 3.8) is 0 Å². The number of alkyl halides is 3. The molecule has 1 aliphatic rings. The molecule has 0 saturated heterocycles. The van der Waals surface area contributed by atoms with Crippen molar-refractivity contribution >= 4 is 17.3 Å². The normalized spacial score (nSPS) is 19.9. The van der Waals surface area contributed by atoms with Crippen molar-refractivity contribution in [2.24, 2.45) is 0 Å². The number of anilines is 2. The summed E-state index contributed by atoms with van der Waals surface area (Å²) in [6, 6.07) is 5.16. The van der Waals surface area contributed by atoms with Crippen LogP contribution in [0.15, 0.2) is 24.3 Å². The number of halogens is 3. The number of nitrogens with one attached hydrogen (secondary N) is 2. The number of ether oxygens (including phenoxy) is 1. The first-order chi connectivity index (χ1) is 11.4. The number of amides is 1. The van der Waals surface area contributed by atoms with Crippen molar-refractivity contribution in [2.75, 3.05) is 23.3 Å². The van der Waals surface area contributed by atoms with Gasteiger partial charge in [-0.05, 0) is 32.9 Å². The summed E-state index contributed by atoms with van der Waals surface area (Å²) in [6.45, 7) is 3.63. The number of aliphatic hydroxyl groups is 1. The number of nitrogens with zero attached hydrogens (tertiary/aromatic N) is 1. The van der Waals surface area contributed by atoms with Crippen LogP contribution < -0.4 is 15.5 Å². The molecular weight excluding hydrogens is 339 g/mol. The number of carbonyl (C=O) groups excluding carboxylic acids is 1. The van der Waals surface area contributed by atoms with Crippen molar-refractivity contribution in [2.45, 2.75) is 45.0 Å². The highest BCUT2D eigenvalue weighted by atomic mass is 19.4. The van der Waals surface area contributed by atoms with Gasteiger partial charge in [-0.2, -0.15) is 13.2 Å². The maximum Gasteiger partial charge on any atom is 0.405 e. The number of carbonyl (C=O) groups is 1. The molecule has 1 amide bonds. The predicted octanol–water partition coefficient (Wildman–Crippen LogP) is 2.06. The molecule has 0 unspecified atom stereocenters. The minimum atomic E-state index is -4.44. The van der Waals surface area contributed by atoms with Crippen LogP contribution in [0.25, 0.3) is 0 Å². The Kier molecular flexibility index (Phi) is 5.60. The highest BCUT2D eigenvalue weighted by molar-refractivity contribution is 5.99. The van der Waals surface area contributed by atoms with E-state index in [9.17, 15) is 23.1 Å². The molecule has 6 nitrogen and oxygen atoms in total. The van der Waals surface area contributed by atoms with Crippen molar-refractivity contribution in [1.29, 1.82) is 0 Å². The molecule has 140 valence electrons. The average Bonchev–Trinajstić information content (AvgIpc) is 2.53. The van der Waals surface area contributed by atoms with Crippen molar-refractivity contribution in [3.05, 3.63) is 24.3 Å². The summed E-state index contributed by atoms with van der Waals surface area (Å²) in [4.78, 5) is 13.4. The van der Waals surface area contributed by atoms with E-state index >= 15 is 0 Å². The van der Waals surface area contributed by atoms with Crippen molar-refractivity contribution in [3.8, 4) is 0 Å². The lowest BCUT2D eigenvalue weighted by molar-refractivity contribution is -0.186. The second-order valence-electron chi connectivity index (χ2n) is 6.80. The summed E-state index contributed by atoms with van der Waals surface area (Å²) >= 11 is 0. The third-order valence-corrected chi connectivity index (χ3v) is 3.40. The van der Waals surface area contributed by atoms with E-state index in [2.05, 4.69) is 10.6 Å². The standard InChI is InChI=1S/C16H22F3N3O3/c1-15(2,3)25-14(24)21-11-8-22(9-16(17,18)19)12-7-5-4-6-10(12)20-13(11)23/h4-7,11,14,21,24H,8-9H2,1-3H3,(H,20,23)/t11-,14+/m0/s1. The fourth-order valence-corrected chi connectivity index (χ4v) is 2.51. The number of hydrogen-bond acceptors (Lipinski definition) is 5. The summed E-state index contributed by atoms with van der Waals surface area (Å²) in [5, 5.41) is 15.0. The summed E-state index contributed by atoms with van der Waals surface area (Å²) < 4.78 is 44.1. The Labute approximate surface area is 144 Å². The molecule has 25 heavy (non-hydrogen) atoms. The quantitative estimate of drug-likeness (QED) is 0.716. The van der Waals surface area contributed by atoms with Crippen molar-refractivity contribution in [1.82, 2.24) is 5.32 Å². The lowest BCUT2D eigenvalue weighted by Gasteiger charge is -2.30. The zero-order valence-corrected chi connectivity index (χ0v) is 14.2. The molecule has 2 rings (SSSR count). The zero-order chi connectivity index (χ0) is 18.8. The average molecular weight is 361 g/mol. The molecule has 0 aromatic heterocycles. The van der Waals surface area contributed by atoms with Gasteiger partial charge in [-0.3, -0.25) is 10.1 Å². The van der Waals surface area contributed by atoms with Gasteiger partial charge in [0.25, 0.3) is 0 Å². The monoisotopic (exact) mass is 361 g/mol. The van der Waals surface area contributed by atoms with E-state index in [1.165, 1.54) is 12.1 Å². The Morgan fingerprint density at radius 1 is 1.36 bits per heavy atom. The number of hydrogen-bond donors (Lipinski definition) is 3. The summed E-state index contributed by atoms with van der Waals surface area (Å²) in [5.74, 6) is -0.548. The summed E-state index contributed by atoms with van der Waals surface area (Å²) in [7, 11) is 0. The molecule has 0 fully saturated rings. The first kappa shape index (κ1) is 19.5. The first-order valence-electron chi connectivity index (χ1n) is 7.78. The summed E-state index contributed by atoms with van der Waals surface area (Å²) in [5.41, 5.74) is -0.140. The number of fused-ring (bicyclic) bond motifs is 1. The van der Waals surface area contributed by atoms with Crippen LogP contribution in [0.5, 0.6) is 0 Å². The maximum absolute atomic E-state index is 12.9. The van der Waals surface area contributed by atoms with Gasteiger partial charge in [0.05, 0.1) is 17.0 Å². The lowest BCUT2D eigenvalue weighted by Crippen LogP contribution is -2.53. The minimum absolute atomic E-state index is 0.267. The van der Waals surface area contributed by atoms with E-state index in [0.29, 0.717) is 0 Å². The first-order valence-corrected chi connectivity index (χ1v) is 7.78. The molecule has 1 aliphatic heterocycles. The second kappa shape index (κ2) is 7.19. The minimum Gasteiger partial charge on any atom is -0.359 e. The highest BCUT2D eigenvalue weighted by Crippen LogP contribution is 2.31.